The molecular weight excluding hydrogens is 319 g/mol. The van der Waals surface area contributed by atoms with E-state index in [1.54, 1.807) is 12.3 Å². The van der Waals surface area contributed by atoms with E-state index in [4.69, 9.17) is 12.2 Å². The molecule has 1 unspecified atom stereocenters. The predicted octanol–water partition coefficient (Wildman–Crippen LogP) is 2.37. The third-order valence-corrected chi connectivity index (χ3v) is 3.54. The summed E-state index contributed by atoms with van der Waals surface area (Å²) in [7, 11) is 0. The third kappa shape index (κ3) is 2.34. The first-order valence-electron chi connectivity index (χ1n) is 6.24. The minimum atomic E-state index is -3.19. The summed E-state index contributed by atoms with van der Waals surface area (Å²) in [5.41, 5.74) is 0.614. The van der Waals surface area contributed by atoms with E-state index in [0.717, 1.165) is 0 Å². The Balaban J connectivity index is 2.09. The van der Waals surface area contributed by atoms with Crippen molar-refractivity contribution in [1.82, 2.24) is 24.3 Å². The molecule has 0 amide bonds. The highest BCUT2D eigenvalue weighted by molar-refractivity contribution is 7.71. The Bertz CT molecular complexity index is 925. The first-order chi connectivity index (χ1) is 10.5. The molecule has 6 nitrogen and oxygen atoms in total. The van der Waals surface area contributed by atoms with E-state index in [0.29, 0.717) is 15.7 Å². The second kappa shape index (κ2) is 5.44. The molecule has 1 atom stereocenters. The second-order valence-electron chi connectivity index (χ2n) is 4.56. The molecule has 0 bridgehead atoms. The minimum Gasteiger partial charge on any atom is -0.355 e. The number of nitrogens with one attached hydrogen (secondary N) is 2. The van der Waals surface area contributed by atoms with Crippen LogP contribution in [0.25, 0.3) is 11.0 Å². The Labute approximate surface area is 126 Å². The van der Waals surface area contributed by atoms with Gasteiger partial charge in [0.05, 0.1) is 17.8 Å². The van der Waals surface area contributed by atoms with Gasteiger partial charge in [0.25, 0.3) is 18.3 Å². The molecular formula is C12H10F3N5OS. The quantitative estimate of drug-likeness (QED) is 0.722. The topological polar surface area (TPSA) is 71.4 Å². The summed E-state index contributed by atoms with van der Waals surface area (Å²) in [5, 5.41) is 3.58. The zero-order valence-corrected chi connectivity index (χ0v) is 11.8. The molecule has 2 N–H and O–H groups in total. The third-order valence-electron chi connectivity index (χ3n) is 3.22. The maximum absolute atomic E-state index is 13.5. The first-order valence-corrected chi connectivity index (χ1v) is 6.64. The van der Waals surface area contributed by atoms with E-state index in [2.05, 4.69) is 15.1 Å². The molecule has 0 aliphatic carbocycles. The normalized spacial score (nSPS) is 13.1. The van der Waals surface area contributed by atoms with E-state index in [1.165, 1.54) is 16.8 Å². The number of hydrogen-bond acceptors (Lipinski definition) is 3. The highest BCUT2D eigenvalue weighted by atomic mass is 32.1. The molecule has 3 aromatic heterocycles. The number of fused-ring (bicyclic) bond motifs is 1. The highest BCUT2D eigenvalue weighted by Gasteiger charge is 2.24. The molecule has 3 heterocycles. The lowest BCUT2D eigenvalue weighted by molar-refractivity contribution is -0.00103. The van der Waals surface area contributed by atoms with Gasteiger partial charge in [0, 0.05) is 12.4 Å². The minimum absolute atomic E-state index is 0.00287. The van der Waals surface area contributed by atoms with Crippen LogP contribution < -0.4 is 5.56 Å². The van der Waals surface area contributed by atoms with Crippen LogP contribution in [0.2, 0.25) is 0 Å². The maximum Gasteiger partial charge on any atom is 0.289 e. The summed E-state index contributed by atoms with van der Waals surface area (Å²) in [6.07, 6.45) is -2.94. The Morgan fingerprint density at radius 3 is 2.82 bits per heavy atom. The van der Waals surface area contributed by atoms with Crippen molar-refractivity contribution in [2.24, 2.45) is 0 Å². The van der Waals surface area contributed by atoms with Gasteiger partial charge < -0.3 is 9.55 Å². The van der Waals surface area contributed by atoms with Crippen LogP contribution >= 0.6 is 12.2 Å². The summed E-state index contributed by atoms with van der Waals surface area (Å²) < 4.78 is 40.8. The molecule has 116 valence electrons. The number of aromatic nitrogens is 5. The van der Waals surface area contributed by atoms with Crippen molar-refractivity contribution in [2.75, 3.05) is 0 Å². The summed E-state index contributed by atoms with van der Waals surface area (Å²) in [6, 6.07) is 3.04. The predicted molar refractivity (Wildman–Crippen MR) is 75.2 cm³/mol. The van der Waals surface area contributed by atoms with Crippen LogP contribution in [0.4, 0.5) is 13.2 Å². The molecule has 0 radical (unpaired) electrons. The van der Waals surface area contributed by atoms with E-state index < -0.39 is 12.7 Å². The molecule has 0 aromatic carbocycles. The zero-order chi connectivity index (χ0) is 15.9. The summed E-state index contributed by atoms with van der Waals surface area (Å²) in [6.45, 7) is -0.00287. The van der Waals surface area contributed by atoms with Crippen LogP contribution in [-0.4, -0.2) is 30.7 Å². The highest BCUT2D eigenvalue weighted by Crippen LogP contribution is 2.20. The van der Waals surface area contributed by atoms with E-state index in [9.17, 15) is 18.0 Å². The van der Waals surface area contributed by atoms with Gasteiger partial charge in [0.15, 0.2) is 4.77 Å². The van der Waals surface area contributed by atoms with Gasteiger partial charge in [-0.1, -0.05) is 0 Å². The van der Waals surface area contributed by atoms with Crippen LogP contribution in [0.5, 0.6) is 0 Å². The van der Waals surface area contributed by atoms with Crippen molar-refractivity contribution < 1.29 is 13.2 Å². The Morgan fingerprint density at radius 1 is 1.32 bits per heavy atom. The van der Waals surface area contributed by atoms with Crippen molar-refractivity contribution in [3.05, 3.63) is 45.3 Å². The Hall–Kier alpha value is -2.36. The van der Waals surface area contributed by atoms with Crippen LogP contribution in [0.1, 0.15) is 12.0 Å². The molecule has 0 aliphatic rings. The fourth-order valence-electron chi connectivity index (χ4n) is 2.22. The Morgan fingerprint density at radius 2 is 2.09 bits per heavy atom. The van der Waals surface area contributed by atoms with Crippen LogP contribution in [0.15, 0.2) is 29.3 Å². The maximum atomic E-state index is 13.5. The first kappa shape index (κ1) is 14.6. The molecule has 22 heavy (non-hydrogen) atoms. The number of aromatic amines is 2. The van der Waals surface area contributed by atoms with E-state index in [1.807, 2.05) is 0 Å². The fraction of sp³-hybridized carbons (Fsp3) is 0.250. The van der Waals surface area contributed by atoms with Gasteiger partial charge in [0.2, 0.25) is 0 Å². The van der Waals surface area contributed by atoms with Crippen LogP contribution in [0, 0.1) is 4.77 Å². The van der Waals surface area contributed by atoms with Gasteiger partial charge in [-0.15, -0.1) is 0 Å². The van der Waals surface area contributed by atoms with Crippen molar-refractivity contribution in [3.63, 3.8) is 0 Å². The lowest BCUT2D eigenvalue weighted by Gasteiger charge is -2.13. The standard InChI is InChI=1S/C12H10F3N5OS/c13-9(14)10(15)20-6(1-4-17-20)5-19-7-2-3-16-8(7)11(21)18-12(19)22/h1-4,9-10,16H,5H2,(H,18,21,22). The van der Waals surface area contributed by atoms with Gasteiger partial charge in [-0.25, -0.2) is 17.9 Å². The Kier molecular flexibility index (Phi) is 3.61. The number of rotatable bonds is 4. The fourth-order valence-corrected chi connectivity index (χ4v) is 2.47. The monoisotopic (exact) mass is 329 g/mol. The van der Waals surface area contributed by atoms with Gasteiger partial charge in [0.1, 0.15) is 5.52 Å². The van der Waals surface area contributed by atoms with Crippen LogP contribution in [-0.2, 0) is 6.54 Å². The number of halogens is 3. The zero-order valence-electron chi connectivity index (χ0n) is 11.0. The number of hydrogen-bond donors (Lipinski definition) is 2. The number of alkyl halides is 3. The molecule has 0 saturated heterocycles. The van der Waals surface area contributed by atoms with Gasteiger partial charge in [-0.2, -0.15) is 5.10 Å². The van der Waals surface area contributed by atoms with Crippen molar-refractivity contribution in [1.29, 1.82) is 0 Å². The molecule has 10 heteroatoms. The lowest BCUT2D eigenvalue weighted by atomic mass is 10.3. The molecule has 3 aromatic rings. The molecule has 3 rings (SSSR count). The largest absolute Gasteiger partial charge is 0.355 e. The average Bonchev–Trinajstić information content (AvgIpc) is 3.11. The van der Waals surface area contributed by atoms with Crippen molar-refractivity contribution >= 4 is 23.3 Å². The second-order valence-corrected chi connectivity index (χ2v) is 4.94. The van der Waals surface area contributed by atoms with Gasteiger partial charge in [-0.05, 0) is 24.4 Å². The number of nitrogens with zero attached hydrogens (tertiary/aromatic N) is 3. The molecule has 0 aliphatic heterocycles. The lowest BCUT2D eigenvalue weighted by Crippen LogP contribution is -2.20. The average molecular weight is 329 g/mol. The summed E-state index contributed by atoms with van der Waals surface area (Å²) in [5.74, 6) is 0. The van der Waals surface area contributed by atoms with Gasteiger partial charge in [-0.3, -0.25) is 9.78 Å². The summed E-state index contributed by atoms with van der Waals surface area (Å²) >= 11 is 5.09. The smallest absolute Gasteiger partial charge is 0.289 e. The molecule has 0 fully saturated rings. The van der Waals surface area contributed by atoms with Crippen molar-refractivity contribution in [2.45, 2.75) is 19.3 Å². The van der Waals surface area contributed by atoms with E-state index >= 15 is 0 Å². The SMILES string of the molecule is O=c1[nH]c(=S)n(Cc2ccnn2C(F)C(F)F)c2cc[nH]c12. The van der Waals surface area contributed by atoms with E-state index in [-0.39, 0.29) is 22.6 Å². The van der Waals surface area contributed by atoms with Gasteiger partial charge >= 0.3 is 0 Å². The van der Waals surface area contributed by atoms with Crippen molar-refractivity contribution in [3.8, 4) is 0 Å². The summed E-state index contributed by atoms with van der Waals surface area (Å²) in [4.78, 5) is 17.0. The molecule has 0 spiro atoms. The molecule has 0 saturated carbocycles. The van der Waals surface area contributed by atoms with Crippen LogP contribution in [0.3, 0.4) is 0 Å². The number of H-pyrrole nitrogens is 2.